The molecule has 1 atom stereocenters. The average molecular weight is 252 g/mol. The van der Waals surface area contributed by atoms with Crippen LogP contribution in [0.4, 0.5) is 10.5 Å². The van der Waals surface area contributed by atoms with Crippen molar-refractivity contribution in [2.75, 3.05) is 19.0 Å². The molecular formula is C12H16N2O4. The fourth-order valence-corrected chi connectivity index (χ4v) is 1.28. The number of anilines is 1. The van der Waals surface area contributed by atoms with Gasteiger partial charge in [0.15, 0.2) is 6.04 Å². The lowest BCUT2D eigenvalue weighted by Gasteiger charge is -2.14. The van der Waals surface area contributed by atoms with Gasteiger partial charge >= 0.3 is 12.0 Å². The summed E-state index contributed by atoms with van der Waals surface area (Å²) in [6.45, 7) is 1.41. The molecule has 0 fully saturated rings. The molecule has 0 aliphatic rings. The summed E-state index contributed by atoms with van der Waals surface area (Å²) in [6, 6.07) is 5.52. The van der Waals surface area contributed by atoms with E-state index < -0.39 is 24.6 Å². The summed E-state index contributed by atoms with van der Waals surface area (Å²) in [7, 11) is 1.19. The Hall–Kier alpha value is -2.08. The van der Waals surface area contributed by atoms with Gasteiger partial charge in [-0.25, -0.2) is 9.59 Å². The van der Waals surface area contributed by atoms with Crippen LogP contribution in [0, 0.1) is 6.92 Å². The summed E-state index contributed by atoms with van der Waals surface area (Å²) >= 11 is 0. The van der Waals surface area contributed by atoms with Crippen LogP contribution in [-0.4, -0.2) is 36.9 Å². The Bertz CT molecular complexity index is 417. The number of urea groups is 1. The number of carbonyl (C=O) groups is 2. The van der Waals surface area contributed by atoms with E-state index in [1.54, 1.807) is 12.1 Å². The maximum atomic E-state index is 11.5. The van der Waals surface area contributed by atoms with E-state index >= 15 is 0 Å². The SMILES string of the molecule is COC(=O)C(CO)NC(=O)Nc1ccc(C)cc1. The smallest absolute Gasteiger partial charge is 0.330 e. The Kier molecular flexibility index (Phi) is 5.13. The lowest BCUT2D eigenvalue weighted by molar-refractivity contribution is -0.143. The zero-order valence-electron chi connectivity index (χ0n) is 10.3. The minimum atomic E-state index is -1.07. The van der Waals surface area contributed by atoms with E-state index in [0.29, 0.717) is 5.69 Å². The molecule has 18 heavy (non-hydrogen) atoms. The highest BCUT2D eigenvalue weighted by molar-refractivity contribution is 5.92. The van der Waals surface area contributed by atoms with Crippen molar-refractivity contribution < 1.29 is 19.4 Å². The van der Waals surface area contributed by atoms with Crippen LogP contribution in [0.5, 0.6) is 0 Å². The van der Waals surface area contributed by atoms with Crippen LogP contribution in [0.1, 0.15) is 5.56 Å². The van der Waals surface area contributed by atoms with Gasteiger partial charge in [0.05, 0.1) is 13.7 Å². The Balaban J connectivity index is 2.55. The fourth-order valence-electron chi connectivity index (χ4n) is 1.28. The van der Waals surface area contributed by atoms with Crippen LogP contribution in [-0.2, 0) is 9.53 Å². The fraction of sp³-hybridized carbons (Fsp3) is 0.333. The first-order valence-corrected chi connectivity index (χ1v) is 5.39. The second kappa shape index (κ2) is 6.61. The van der Waals surface area contributed by atoms with Crippen molar-refractivity contribution in [3.8, 4) is 0 Å². The van der Waals surface area contributed by atoms with E-state index in [1.165, 1.54) is 7.11 Å². The van der Waals surface area contributed by atoms with Gasteiger partial charge in [-0.3, -0.25) is 0 Å². The number of aryl methyl sites for hydroxylation is 1. The Morgan fingerprint density at radius 3 is 2.44 bits per heavy atom. The molecule has 0 aliphatic heterocycles. The Morgan fingerprint density at radius 1 is 1.33 bits per heavy atom. The zero-order chi connectivity index (χ0) is 13.5. The van der Waals surface area contributed by atoms with Crippen molar-refractivity contribution in [3.05, 3.63) is 29.8 Å². The van der Waals surface area contributed by atoms with Gasteiger partial charge in [0, 0.05) is 5.69 Å². The van der Waals surface area contributed by atoms with Crippen molar-refractivity contribution in [1.29, 1.82) is 0 Å². The zero-order valence-corrected chi connectivity index (χ0v) is 10.3. The van der Waals surface area contributed by atoms with Crippen LogP contribution in [0.2, 0.25) is 0 Å². The van der Waals surface area contributed by atoms with Crippen LogP contribution >= 0.6 is 0 Å². The minimum Gasteiger partial charge on any atom is -0.467 e. The molecule has 0 saturated carbocycles. The molecule has 0 saturated heterocycles. The number of carbonyl (C=O) groups excluding carboxylic acids is 2. The highest BCUT2D eigenvalue weighted by Gasteiger charge is 2.20. The summed E-state index contributed by atoms with van der Waals surface area (Å²) in [4.78, 5) is 22.7. The standard InChI is InChI=1S/C12H16N2O4/c1-8-3-5-9(6-4-8)13-12(17)14-10(7-15)11(16)18-2/h3-6,10,15H,7H2,1-2H3,(H2,13,14,17). The first-order chi connectivity index (χ1) is 8.56. The number of nitrogens with one attached hydrogen (secondary N) is 2. The first-order valence-electron chi connectivity index (χ1n) is 5.39. The summed E-state index contributed by atoms with van der Waals surface area (Å²) in [6.07, 6.45) is 0. The van der Waals surface area contributed by atoms with E-state index in [1.807, 2.05) is 19.1 Å². The number of methoxy groups -OCH3 is 1. The molecule has 1 aromatic carbocycles. The third kappa shape index (κ3) is 4.06. The van der Waals surface area contributed by atoms with Gasteiger partial charge in [0.25, 0.3) is 0 Å². The number of benzene rings is 1. The number of hydrogen-bond donors (Lipinski definition) is 3. The predicted octanol–water partition coefficient (Wildman–Crippen LogP) is 0.650. The number of aliphatic hydroxyl groups is 1. The number of amides is 2. The number of ether oxygens (including phenoxy) is 1. The van der Waals surface area contributed by atoms with Crippen molar-refractivity contribution in [1.82, 2.24) is 5.32 Å². The van der Waals surface area contributed by atoms with E-state index in [2.05, 4.69) is 15.4 Å². The molecule has 0 bridgehead atoms. The van der Waals surface area contributed by atoms with E-state index in [-0.39, 0.29) is 0 Å². The highest BCUT2D eigenvalue weighted by atomic mass is 16.5. The largest absolute Gasteiger partial charge is 0.467 e. The quantitative estimate of drug-likeness (QED) is 0.687. The molecule has 2 amide bonds. The van der Waals surface area contributed by atoms with Crippen molar-refractivity contribution in [2.24, 2.45) is 0 Å². The first kappa shape index (κ1) is 14.0. The maximum Gasteiger partial charge on any atom is 0.330 e. The number of aliphatic hydroxyl groups excluding tert-OH is 1. The molecule has 6 heteroatoms. The Morgan fingerprint density at radius 2 is 1.94 bits per heavy atom. The second-order valence-corrected chi connectivity index (χ2v) is 3.72. The van der Waals surface area contributed by atoms with Gasteiger partial charge in [-0.1, -0.05) is 17.7 Å². The number of rotatable bonds is 4. The molecule has 0 spiro atoms. The molecular weight excluding hydrogens is 236 g/mol. The molecule has 1 unspecified atom stereocenters. The molecule has 6 nitrogen and oxygen atoms in total. The summed E-state index contributed by atoms with van der Waals surface area (Å²) in [5.41, 5.74) is 1.67. The third-order valence-corrected chi connectivity index (χ3v) is 2.28. The molecule has 0 aromatic heterocycles. The minimum absolute atomic E-state index is 0.520. The highest BCUT2D eigenvalue weighted by Crippen LogP contribution is 2.08. The van der Waals surface area contributed by atoms with Crippen LogP contribution < -0.4 is 10.6 Å². The summed E-state index contributed by atoms with van der Waals surface area (Å²) < 4.78 is 4.43. The van der Waals surface area contributed by atoms with Crippen molar-refractivity contribution in [2.45, 2.75) is 13.0 Å². The van der Waals surface area contributed by atoms with Gasteiger partial charge < -0.3 is 20.5 Å². The molecule has 0 aliphatic carbocycles. The lowest BCUT2D eigenvalue weighted by Crippen LogP contribution is -2.45. The maximum absolute atomic E-state index is 11.5. The normalized spacial score (nSPS) is 11.5. The van der Waals surface area contributed by atoms with Crippen LogP contribution in [0.25, 0.3) is 0 Å². The monoisotopic (exact) mass is 252 g/mol. The van der Waals surface area contributed by atoms with E-state index in [9.17, 15) is 9.59 Å². The van der Waals surface area contributed by atoms with E-state index in [4.69, 9.17) is 5.11 Å². The van der Waals surface area contributed by atoms with Crippen molar-refractivity contribution in [3.63, 3.8) is 0 Å². The van der Waals surface area contributed by atoms with Gasteiger partial charge in [-0.15, -0.1) is 0 Å². The summed E-state index contributed by atoms with van der Waals surface area (Å²) in [5.74, 6) is -0.698. The Labute approximate surface area is 105 Å². The molecule has 1 aromatic rings. The lowest BCUT2D eigenvalue weighted by atomic mass is 10.2. The van der Waals surface area contributed by atoms with Gasteiger partial charge in [-0.2, -0.15) is 0 Å². The topological polar surface area (TPSA) is 87.7 Å². The summed E-state index contributed by atoms with van der Waals surface area (Å²) in [5, 5.41) is 13.8. The molecule has 3 N–H and O–H groups in total. The van der Waals surface area contributed by atoms with Crippen molar-refractivity contribution >= 4 is 17.7 Å². The number of esters is 1. The third-order valence-electron chi connectivity index (χ3n) is 2.28. The molecule has 98 valence electrons. The number of hydrogen-bond acceptors (Lipinski definition) is 4. The van der Waals surface area contributed by atoms with Gasteiger partial charge in [0.1, 0.15) is 0 Å². The van der Waals surface area contributed by atoms with Gasteiger partial charge in [0.2, 0.25) is 0 Å². The predicted molar refractivity (Wildman–Crippen MR) is 66.2 cm³/mol. The van der Waals surface area contributed by atoms with E-state index in [0.717, 1.165) is 5.56 Å². The van der Waals surface area contributed by atoms with Crippen LogP contribution in [0.3, 0.4) is 0 Å². The molecule has 1 rings (SSSR count). The van der Waals surface area contributed by atoms with Crippen LogP contribution in [0.15, 0.2) is 24.3 Å². The van der Waals surface area contributed by atoms with Gasteiger partial charge in [-0.05, 0) is 19.1 Å². The average Bonchev–Trinajstić information content (AvgIpc) is 2.37. The molecule has 0 radical (unpaired) electrons. The molecule has 0 heterocycles. The second-order valence-electron chi connectivity index (χ2n) is 3.72.